The first-order chi connectivity index (χ1) is 15.8. The van der Waals surface area contributed by atoms with Gasteiger partial charge in [0.2, 0.25) is 0 Å². The molecule has 0 aliphatic rings. The smallest absolute Gasteiger partial charge is 1.00 e. The molecule has 35 heavy (non-hydrogen) atoms. The van der Waals surface area contributed by atoms with E-state index in [9.17, 15) is 0 Å². The maximum Gasteiger partial charge on any atom is 1.00 e. The summed E-state index contributed by atoms with van der Waals surface area (Å²) in [6, 6.07) is 0. The monoisotopic (exact) mass is 754 g/mol. The van der Waals surface area contributed by atoms with Crippen LogP contribution in [0.2, 0.25) is 0 Å². The van der Waals surface area contributed by atoms with Crippen LogP contribution < -0.4 is 53.5 Å². The molecule has 0 aromatic heterocycles. The molecule has 0 aliphatic heterocycles. The second-order valence-corrected chi connectivity index (χ2v) is 9.10. The SMILES string of the molecule is C.COCOCC/C=C\CCCCCCCCl.COCOCC/C=C\CCCCCCCI.[I-].[Na+]. The fraction of sp³-hybridized carbons (Fsp3) is 0.852. The molecule has 0 heterocycles. The number of alkyl halides is 2. The number of unbranched alkanes of at least 4 members (excludes halogenated alkanes) is 10. The van der Waals surface area contributed by atoms with Crippen LogP contribution in [0.15, 0.2) is 24.3 Å². The van der Waals surface area contributed by atoms with Gasteiger partial charge in [-0.3, -0.25) is 0 Å². The minimum absolute atomic E-state index is 0. The minimum atomic E-state index is 0. The third-order valence-corrected chi connectivity index (χ3v) is 5.63. The molecule has 0 aromatic rings. The molecule has 0 rings (SSSR count). The Labute approximate surface area is 276 Å². The number of methoxy groups -OCH3 is 2. The maximum atomic E-state index is 5.60. The zero-order valence-electron chi connectivity index (χ0n) is 22.2. The van der Waals surface area contributed by atoms with Gasteiger partial charge in [0.1, 0.15) is 13.6 Å². The summed E-state index contributed by atoms with van der Waals surface area (Å²) in [5.41, 5.74) is 0. The zero-order valence-corrected chi connectivity index (χ0v) is 29.3. The summed E-state index contributed by atoms with van der Waals surface area (Å²) < 4.78 is 21.2. The van der Waals surface area contributed by atoms with E-state index in [1.54, 1.807) is 14.2 Å². The number of hydrogen-bond acceptors (Lipinski definition) is 4. The summed E-state index contributed by atoms with van der Waals surface area (Å²) in [4.78, 5) is 0. The molecule has 0 saturated heterocycles. The molecule has 0 fully saturated rings. The number of halogens is 3. The van der Waals surface area contributed by atoms with Gasteiger partial charge in [-0.05, 0) is 55.8 Å². The third-order valence-electron chi connectivity index (χ3n) is 4.60. The van der Waals surface area contributed by atoms with Gasteiger partial charge in [-0.2, -0.15) is 0 Å². The van der Waals surface area contributed by atoms with Crippen LogP contribution in [-0.4, -0.2) is 51.3 Å². The Hall–Kier alpha value is 2.07. The molecule has 0 radical (unpaired) electrons. The van der Waals surface area contributed by atoms with Crippen LogP contribution in [-0.2, 0) is 18.9 Å². The van der Waals surface area contributed by atoms with Gasteiger partial charge in [0.25, 0.3) is 0 Å². The van der Waals surface area contributed by atoms with Crippen molar-refractivity contribution in [2.24, 2.45) is 0 Å². The van der Waals surface area contributed by atoms with Crippen molar-refractivity contribution in [2.75, 3.05) is 51.3 Å². The number of allylic oxidation sites excluding steroid dienone is 2. The van der Waals surface area contributed by atoms with Gasteiger partial charge in [0.15, 0.2) is 0 Å². The number of ether oxygens (including phenoxy) is 4. The zero-order chi connectivity index (χ0) is 23.8. The van der Waals surface area contributed by atoms with Crippen LogP contribution in [0.4, 0.5) is 0 Å². The van der Waals surface area contributed by atoms with Crippen molar-refractivity contribution in [1.82, 2.24) is 0 Å². The summed E-state index contributed by atoms with van der Waals surface area (Å²) in [5.74, 6) is 0.807. The Bertz CT molecular complexity index is 345. The first-order valence-corrected chi connectivity index (χ1v) is 14.4. The van der Waals surface area contributed by atoms with Crippen molar-refractivity contribution in [2.45, 2.75) is 97.3 Å². The Morgan fingerprint density at radius 1 is 0.600 bits per heavy atom. The first-order valence-electron chi connectivity index (χ1n) is 12.4. The molecular weight excluding hydrogens is 701 g/mol. The van der Waals surface area contributed by atoms with Crippen LogP contribution in [0.5, 0.6) is 0 Å². The van der Waals surface area contributed by atoms with Gasteiger partial charge < -0.3 is 42.9 Å². The van der Waals surface area contributed by atoms with Crippen molar-refractivity contribution < 1.29 is 72.5 Å². The predicted octanol–water partition coefficient (Wildman–Crippen LogP) is 3.11. The van der Waals surface area contributed by atoms with Crippen LogP contribution >= 0.6 is 34.2 Å². The van der Waals surface area contributed by atoms with Crippen LogP contribution in [0, 0.1) is 0 Å². The predicted molar refractivity (Wildman–Crippen MR) is 155 cm³/mol. The average molecular weight is 755 g/mol. The van der Waals surface area contributed by atoms with Crippen LogP contribution in [0.1, 0.15) is 97.3 Å². The van der Waals surface area contributed by atoms with Gasteiger partial charge in [0.05, 0.1) is 13.2 Å². The van der Waals surface area contributed by atoms with Crippen LogP contribution in [0.3, 0.4) is 0 Å². The van der Waals surface area contributed by atoms with Gasteiger partial charge in [-0.15, -0.1) is 11.6 Å². The first kappa shape index (κ1) is 46.9. The Balaban J connectivity index is -0.000000158. The summed E-state index contributed by atoms with van der Waals surface area (Å²) in [5, 5.41) is 0. The molecule has 0 bridgehead atoms. The van der Waals surface area contributed by atoms with E-state index in [2.05, 4.69) is 46.9 Å². The second kappa shape index (κ2) is 49.1. The fourth-order valence-electron chi connectivity index (χ4n) is 2.83. The molecule has 208 valence electrons. The number of hydrogen-bond donors (Lipinski definition) is 0. The summed E-state index contributed by atoms with van der Waals surface area (Å²) in [7, 11) is 3.29. The second-order valence-electron chi connectivity index (χ2n) is 7.64. The normalized spacial score (nSPS) is 10.4. The van der Waals surface area contributed by atoms with E-state index in [0.717, 1.165) is 38.4 Å². The van der Waals surface area contributed by atoms with Gasteiger partial charge >= 0.3 is 29.6 Å². The molecule has 0 unspecified atom stereocenters. The molecule has 0 aliphatic carbocycles. The van der Waals surface area contributed by atoms with Gasteiger partial charge in [0, 0.05) is 20.1 Å². The fourth-order valence-corrected chi connectivity index (χ4v) is 3.56. The van der Waals surface area contributed by atoms with E-state index in [4.69, 9.17) is 30.5 Å². The summed E-state index contributed by atoms with van der Waals surface area (Å²) >= 11 is 8.05. The van der Waals surface area contributed by atoms with Crippen molar-refractivity contribution in [1.29, 1.82) is 0 Å². The van der Waals surface area contributed by atoms with Crippen molar-refractivity contribution >= 4 is 34.2 Å². The topological polar surface area (TPSA) is 36.9 Å². The standard InChI is InChI=1S/C13H25ClO2.C13H25IO2.CH4.HI.Na/c2*1-15-13-16-12-10-8-6-4-2-3-5-7-9-11-14;;;/h2*6,8H,2-5,7,9-13H2,1H3;1H4;1H;/q;;;;+1/p-1/b2*8-6-;;;. The van der Waals surface area contributed by atoms with E-state index in [1.165, 1.54) is 75.1 Å². The van der Waals surface area contributed by atoms with E-state index in [0.29, 0.717) is 13.6 Å². The van der Waals surface area contributed by atoms with Crippen LogP contribution in [0.25, 0.3) is 0 Å². The van der Waals surface area contributed by atoms with E-state index >= 15 is 0 Å². The molecular formula is C27H54ClI2NaO4. The molecule has 0 spiro atoms. The third kappa shape index (κ3) is 53.1. The van der Waals surface area contributed by atoms with E-state index in [1.807, 2.05) is 0 Å². The average Bonchev–Trinajstić information content (AvgIpc) is 2.81. The quantitative estimate of drug-likeness (QED) is 0.0380. The Morgan fingerprint density at radius 3 is 1.37 bits per heavy atom. The Morgan fingerprint density at radius 2 is 0.971 bits per heavy atom. The Kier molecular flexibility index (Phi) is 65.7. The van der Waals surface area contributed by atoms with E-state index in [-0.39, 0.29) is 61.0 Å². The molecule has 0 saturated carbocycles. The molecule has 0 N–H and O–H groups in total. The number of rotatable bonds is 24. The minimum Gasteiger partial charge on any atom is -1.00 e. The van der Waals surface area contributed by atoms with Crippen molar-refractivity contribution in [3.05, 3.63) is 24.3 Å². The summed E-state index contributed by atoms with van der Waals surface area (Å²) in [6.45, 7) is 2.32. The molecule has 0 atom stereocenters. The molecule has 0 amide bonds. The molecule has 0 aromatic carbocycles. The van der Waals surface area contributed by atoms with Crippen molar-refractivity contribution in [3.8, 4) is 0 Å². The van der Waals surface area contributed by atoms with Gasteiger partial charge in [-0.25, -0.2) is 0 Å². The van der Waals surface area contributed by atoms with E-state index < -0.39 is 0 Å². The maximum absolute atomic E-state index is 5.60. The summed E-state index contributed by atoms with van der Waals surface area (Å²) in [6.07, 6.45) is 26.5. The molecule has 4 nitrogen and oxygen atoms in total. The van der Waals surface area contributed by atoms with Crippen molar-refractivity contribution in [3.63, 3.8) is 0 Å². The molecule has 8 heteroatoms. The van der Waals surface area contributed by atoms with Gasteiger partial charge in [-0.1, -0.05) is 92.8 Å². The largest absolute Gasteiger partial charge is 1.00 e.